The number of pyridine rings is 1. The van der Waals surface area contributed by atoms with Crippen LogP contribution < -0.4 is 15.2 Å². The van der Waals surface area contributed by atoms with Gasteiger partial charge in [-0.25, -0.2) is 13.4 Å². The summed E-state index contributed by atoms with van der Waals surface area (Å²) in [5, 5.41) is 0. The summed E-state index contributed by atoms with van der Waals surface area (Å²) >= 11 is 0. The Hall–Kier alpha value is -1.34. The van der Waals surface area contributed by atoms with Crippen LogP contribution in [0.2, 0.25) is 0 Å². The lowest BCUT2D eigenvalue weighted by Crippen LogP contribution is -2.22. The van der Waals surface area contributed by atoms with Crippen molar-refractivity contribution < 1.29 is 17.9 Å². The molecule has 0 fully saturated rings. The van der Waals surface area contributed by atoms with Crippen LogP contribution in [0.5, 0.6) is 11.6 Å². The SMILES string of the molecule is CCOc1nc([C@H](N)CS(C)(=O)=O)ccc1OC. The van der Waals surface area contributed by atoms with Crippen molar-refractivity contribution >= 4 is 9.84 Å². The topological polar surface area (TPSA) is 91.5 Å². The molecule has 0 saturated heterocycles. The Balaban J connectivity index is 3.00. The normalized spacial score (nSPS) is 13.1. The Kier molecular flexibility index (Phi) is 4.92. The average Bonchev–Trinajstić information content (AvgIpc) is 2.27. The maximum atomic E-state index is 11.2. The van der Waals surface area contributed by atoms with Crippen molar-refractivity contribution in [2.45, 2.75) is 13.0 Å². The second kappa shape index (κ2) is 6.01. The fourth-order valence-electron chi connectivity index (χ4n) is 1.46. The summed E-state index contributed by atoms with van der Waals surface area (Å²) in [6.07, 6.45) is 1.14. The van der Waals surface area contributed by atoms with Crippen LogP contribution in [0, 0.1) is 0 Å². The van der Waals surface area contributed by atoms with E-state index in [2.05, 4.69) is 4.98 Å². The van der Waals surface area contributed by atoms with Gasteiger partial charge in [-0.15, -0.1) is 0 Å². The maximum absolute atomic E-state index is 11.2. The van der Waals surface area contributed by atoms with Crippen molar-refractivity contribution in [1.29, 1.82) is 0 Å². The van der Waals surface area contributed by atoms with Gasteiger partial charge in [-0.2, -0.15) is 0 Å². The first-order valence-corrected chi connectivity index (χ1v) is 7.54. The van der Waals surface area contributed by atoms with Crippen LogP contribution in [0.25, 0.3) is 0 Å². The molecule has 2 N–H and O–H groups in total. The first-order chi connectivity index (χ1) is 8.37. The van der Waals surface area contributed by atoms with Gasteiger partial charge in [-0.3, -0.25) is 0 Å². The maximum Gasteiger partial charge on any atom is 0.257 e. The second-order valence-electron chi connectivity index (χ2n) is 3.88. The van der Waals surface area contributed by atoms with Crippen LogP contribution >= 0.6 is 0 Å². The molecule has 18 heavy (non-hydrogen) atoms. The number of nitrogens with two attached hydrogens (primary N) is 1. The van der Waals surface area contributed by atoms with E-state index in [1.54, 1.807) is 12.1 Å². The number of rotatable bonds is 6. The smallest absolute Gasteiger partial charge is 0.257 e. The van der Waals surface area contributed by atoms with E-state index in [-0.39, 0.29) is 5.75 Å². The van der Waals surface area contributed by atoms with E-state index < -0.39 is 15.9 Å². The number of nitrogens with zero attached hydrogens (tertiary/aromatic N) is 1. The average molecular weight is 274 g/mol. The van der Waals surface area contributed by atoms with Gasteiger partial charge in [0.2, 0.25) is 0 Å². The van der Waals surface area contributed by atoms with Crippen LogP contribution in [0.4, 0.5) is 0 Å². The summed E-state index contributed by atoms with van der Waals surface area (Å²) in [4.78, 5) is 4.18. The molecule has 1 atom stereocenters. The predicted molar refractivity (Wildman–Crippen MR) is 68.6 cm³/mol. The van der Waals surface area contributed by atoms with Crippen molar-refractivity contribution in [3.63, 3.8) is 0 Å². The first kappa shape index (κ1) is 14.7. The van der Waals surface area contributed by atoms with Crippen LogP contribution in [0.15, 0.2) is 12.1 Å². The molecule has 102 valence electrons. The summed E-state index contributed by atoms with van der Waals surface area (Å²) in [6.45, 7) is 2.26. The molecule has 0 spiro atoms. The fraction of sp³-hybridized carbons (Fsp3) is 0.545. The molecule has 0 unspecified atom stereocenters. The van der Waals surface area contributed by atoms with E-state index in [4.69, 9.17) is 15.2 Å². The van der Waals surface area contributed by atoms with Crippen molar-refractivity contribution in [1.82, 2.24) is 4.98 Å². The number of hydrogen-bond acceptors (Lipinski definition) is 6. The third-order valence-corrected chi connectivity index (χ3v) is 3.17. The summed E-state index contributed by atoms with van der Waals surface area (Å²) < 4.78 is 32.8. The highest BCUT2D eigenvalue weighted by Gasteiger charge is 2.17. The van der Waals surface area contributed by atoms with Gasteiger partial charge in [-0.05, 0) is 19.1 Å². The second-order valence-corrected chi connectivity index (χ2v) is 6.06. The third kappa shape index (κ3) is 4.15. The van der Waals surface area contributed by atoms with Gasteiger partial charge < -0.3 is 15.2 Å². The van der Waals surface area contributed by atoms with Crippen molar-refractivity contribution in [3.8, 4) is 11.6 Å². The Morgan fingerprint density at radius 3 is 2.61 bits per heavy atom. The highest BCUT2D eigenvalue weighted by Crippen LogP contribution is 2.26. The van der Waals surface area contributed by atoms with E-state index in [9.17, 15) is 8.42 Å². The third-order valence-electron chi connectivity index (χ3n) is 2.21. The lowest BCUT2D eigenvalue weighted by molar-refractivity contribution is 0.297. The van der Waals surface area contributed by atoms with Crippen molar-refractivity contribution in [2.24, 2.45) is 5.73 Å². The molecule has 0 aliphatic heterocycles. The predicted octanol–water partition coefficient (Wildman–Crippen LogP) is 0.533. The number of ether oxygens (including phenoxy) is 2. The Labute approximate surface area is 107 Å². The van der Waals surface area contributed by atoms with E-state index in [1.807, 2.05) is 6.92 Å². The first-order valence-electron chi connectivity index (χ1n) is 5.48. The zero-order chi connectivity index (χ0) is 13.8. The Morgan fingerprint density at radius 1 is 1.44 bits per heavy atom. The Bertz CT molecular complexity index is 502. The van der Waals surface area contributed by atoms with Crippen LogP contribution in [0.3, 0.4) is 0 Å². The molecule has 1 heterocycles. The largest absolute Gasteiger partial charge is 0.491 e. The summed E-state index contributed by atoms with van der Waals surface area (Å²) in [7, 11) is -1.64. The molecule has 1 rings (SSSR count). The van der Waals surface area contributed by atoms with Crippen LogP contribution in [0.1, 0.15) is 18.7 Å². The molecule has 0 saturated carbocycles. The molecule has 0 amide bonds. The van der Waals surface area contributed by atoms with E-state index in [0.717, 1.165) is 6.26 Å². The van der Waals surface area contributed by atoms with E-state index in [1.165, 1.54) is 7.11 Å². The molecule has 0 aliphatic carbocycles. The molecule has 7 heteroatoms. The van der Waals surface area contributed by atoms with Gasteiger partial charge in [0, 0.05) is 6.26 Å². The standard InChI is InChI=1S/C11H18N2O4S/c1-4-17-11-10(16-2)6-5-9(13-11)8(12)7-18(3,14)15/h5-6,8H,4,7,12H2,1-3H3/t8-/m1/s1. The summed E-state index contributed by atoms with van der Waals surface area (Å²) in [5.74, 6) is 0.659. The molecule has 6 nitrogen and oxygen atoms in total. The lowest BCUT2D eigenvalue weighted by Gasteiger charge is -2.13. The summed E-state index contributed by atoms with van der Waals surface area (Å²) in [5.41, 5.74) is 6.26. The van der Waals surface area contributed by atoms with E-state index in [0.29, 0.717) is 23.9 Å². The molecule has 0 aromatic carbocycles. The quantitative estimate of drug-likeness (QED) is 0.813. The van der Waals surface area contributed by atoms with Crippen molar-refractivity contribution in [2.75, 3.05) is 25.7 Å². The van der Waals surface area contributed by atoms with Gasteiger partial charge in [0.1, 0.15) is 9.84 Å². The zero-order valence-corrected chi connectivity index (χ0v) is 11.5. The fourth-order valence-corrected chi connectivity index (χ4v) is 2.28. The van der Waals surface area contributed by atoms with Crippen LogP contribution in [-0.4, -0.2) is 39.1 Å². The minimum atomic E-state index is -3.15. The minimum absolute atomic E-state index is 0.155. The number of methoxy groups -OCH3 is 1. The van der Waals surface area contributed by atoms with Gasteiger partial charge in [0.25, 0.3) is 5.88 Å². The molecular formula is C11H18N2O4S. The minimum Gasteiger partial charge on any atom is -0.491 e. The molecule has 1 aromatic heterocycles. The number of hydrogen-bond donors (Lipinski definition) is 1. The van der Waals surface area contributed by atoms with Gasteiger partial charge >= 0.3 is 0 Å². The monoisotopic (exact) mass is 274 g/mol. The Morgan fingerprint density at radius 2 is 2.11 bits per heavy atom. The summed E-state index contributed by atoms with van der Waals surface area (Å²) in [6, 6.07) is 2.62. The zero-order valence-electron chi connectivity index (χ0n) is 10.7. The number of sulfone groups is 1. The molecule has 1 aromatic rings. The molecular weight excluding hydrogens is 256 g/mol. The molecule has 0 bridgehead atoms. The van der Waals surface area contributed by atoms with E-state index >= 15 is 0 Å². The highest BCUT2D eigenvalue weighted by molar-refractivity contribution is 7.90. The van der Waals surface area contributed by atoms with Gasteiger partial charge in [0.05, 0.1) is 31.2 Å². The number of aromatic nitrogens is 1. The van der Waals surface area contributed by atoms with Gasteiger partial charge in [0.15, 0.2) is 5.75 Å². The van der Waals surface area contributed by atoms with Crippen LogP contribution in [-0.2, 0) is 9.84 Å². The van der Waals surface area contributed by atoms with Crippen molar-refractivity contribution in [3.05, 3.63) is 17.8 Å². The molecule has 0 aliphatic rings. The molecule has 0 radical (unpaired) electrons. The lowest BCUT2D eigenvalue weighted by atomic mass is 10.2. The van der Waals surface area contributed by atoms with Gasteiger partial charge in [-0.1, -0.05) is 0 Å². The highest BCUT2D eigenvalue weighted by atomic mass is 32.2.